The quantitative estimate of drug-likeness (QED) is 0.506. The third kappa shape index (κ3) is 6.38. The minimum atomic E-state index is -0.562. The van der Waals surface area contributed by atoms with Gasteiger partial charge in [-0.1, -0.05) is 32.0 Å². The van der Waals surface area contributed by atoms with E-state index in [0.29, 0.717) is 29.5 Å². The number of benzene rings is 2. The number of carbonyl (C=O) groups is 2. The molecule has 2 rings (SSSR count). The van der Waals surface area contributed by atoms with E-state index in [4.69, 9.17) is 9.47 Å². The molecule has 1 N–H and O–H groups in total. The Hall–Kier alpha value is -2.09. The largest absolute Gasteiger partial charge is 0.493 e. The molecule has 25 heavy (non-hydrogen) atoms. The van der Waals surface area contributed by atoms with Crippen molar-refractivity contribution >= 4 is 40.2 Å². The molecule has 2 aromatic rings. The maximum absolute atomic E-state index is 12.1. The van der Waals surface area contributed by atoms with E-state index in [2.05, 4.69) is 27.9 Å². The summed E-state index contributed by atoms with van der Waals surface area (Å²) in [5.41, 5.74) is 1.04. The summed E-state index contributed by atoms with van der Waals surface area (Å²) in [6, 6.07) is 14.1. The van der Waals surface area contributed by atoms with Crippen molar-refractivity contribution < 1.29 is 19.1 Å². The Morgan fingerprint density at radius 3 is 2.60 bits per heavy atom. The summed E-state index contributed by atoms with van der Waals surface area (Å²) in [5.74, 6) is 0.0455. The van der Waals surface area contributed by atoms with Gasteiger partial charge >= 0.3 is 5.97 Å². The molecular formula is C19H20INO4. The van der Waals surface area contributed by atoms with Crippen molar-refractivity contribution in [2.45, 2.75) is 13.8 Å². The van der Waals surface area contributed by atoms with Gasteiger partial charge in [0.25, 0.3) is 5.91 Å². The molecular weight excluding hydrogens is 433 g/mol. The first-order valence-corrected chi connectivity index (χ1v) is 8.98. The fraction of sp³-hybridized carbons (Fsp3) is 0.263. The van der Waals surface area contributed by atoms with Gasteiger partial charge in [-0.05, 0) is 58.8 Å². The summed E-state index contributed by atoms with van der Waals surface area (Å²) in [6.07, 6.45) is 0. The van der Waals surface area contributed by atoms with Crippen LogP contribution in [0.25, 0.3) is 0 Å². The number of esters is 1. The van der Waals surface area contributed by atoms with Crippen molar-refractivity contribution in [1.29, 1.82) is 0 Å². The Bertz CT molecular complexity index is 746. The van der Waals surface area contributed by atoms with Gasteiger partial charge in [-0.25, -0.2) is 4.79 Å². The topological polar surface area (TPSA) is 64.6 Å². The molecule has 1 amide bonds. The molecule has 0 aliphatic rings. The highest BCUT2D eigenvalue weighted by molar-refractivity contribution is 14.1. The molecule has 2 aromatic carbocycles. The van der Waals surface area contributed by atoms with Crippen molar-refractivity contribution in [2.75, 3.05) is 18.5 Å². The van der Waals surface area contributed by atoms with Crippen molar-refractivity contribution in [3.63, 3.8) is 0 Å². The second-order valence-electron chi connectivity index (χ2n) is 5.84. The molecule has 0 heterocycles. The van der Waals surface area contributed by atoms with Gasteiger partial charge in [0.05, 0.1) is 17.9 Å². The van der Waals surface area contributed by atoms with Crippen LogP contribution in [0.4, 0.5) is 5.69 Å². The van der Waals surface area contributed by atoms with Crippen LogP contribution in [-0.4, -0.2) is 25.1 Å². The Labute approximate surface area is 160 Å². The predicted molar refractivity (Wildman–Crippen MR) is 105 cm³/mol. The monoisotopic (exact) mass is 453 g/mol. The highest BCUT2D eigenvalue weighted by Crippen LogP contribution is 2.17. The minimum Gasteiger partial charge on any atom is -0.493 e. The van der Waals surface area contributed by atoms with Gasteiger partial charge in [0.2, 0.25) is 0 Å². The molecule has 0 aromatic heterocycles. The zero-order valence-corrected chi connectivity index (χ0v) is 16.3. The van der Waals surface area contributed by atoms with E-state index in [1.54, 1.807) is 30.3 Å². The Balaban J connectivity index is 1.88. The highest BCUT2D eigenvalue weighted by Gasteiger charge is 2.12. The summed E-state index contributed by atoms with van der Waals surface area (Å²) in [4.78, 5) is 24.0. The van der Waals surface area contributed by atoms with Crippen LogP contribution < -0.4 is 10.1 Å². The molecule has 0 aliphatic carbocycles. The molecule has 5 nitrogen and oxygen atoms in total. The fourth-order valence-corrected chi connectivity index (χ4v) is 2.46. The lowest BCUT2D eigenvalue weighted by atomic mass is 10.2. The van der Waals surface area contributed by atoms with Crippen molar-refractivity contribution in [3.05, 3.63) is 57.7 Å². The van der Waals surface area contributed by atoms with E-state index in [-0.39, 0.29) is 12.5 Å². The highest BCUT2D eigenvalue weighted by atomic mass is 127. The smallest absolute Gasteiger partial charge is 0.338 e. The molecule has 132 valence electrons. The second-order valence-corrected chi connectivity index (χ2v) is 7.00. The van der Waals surface area contributed by atoms with Crippen LogP contribution in [0.3, 0.4) is 0 Å². The van der Waals surface area contributed by atoms with Crippen LogP contribution in [0, 0.1) is 9.49 Å². The van der Waals surface area contributed by atoms with E-state index in [9.17, 15) is 9.59 Å². The number of rotatable bonds is 7. The van der Waals surface area contributed by atoms with Crippen LogP contribution in [0.15, 0.2) is 48.5 Å². The SMILES string of the molecule is CC(C)COc1cccc(C(=O)OCC(=O)Nc2ccccc2I)c1. The van der Waals surface area contributed by atoms with Crippen LogP contribution in [-0.2, 0) is 9.53 Å². The molecule has 0 atom stereocenters. The average molecular weight is 453 g/mol. The van der Waals surface area contributed by atoms with Crippen LogP contribution in [0.5, 0.6) is 5.75 Å². The van der Waals surface area contributed by atoms with Gasteiger partial charge in [0.1, 0.15) is 5.75 Å². The fourth-order valence-electron chi connectivity index (χ4n) is 1.94. The Morgan fingerprint density at radius 1 is 1.12 bits per heavy atom. The number of hydrogen-bond donors (Lipinski definition) is 1. The van der Waals surface area contributed by atoms with Gasteiger partial charge in [-0.3, -0.25) is 4.79 Å². The molecule has 6 heteroatoms. The number of halogens is 1. The zero-order valence-electron chi connectivity index (χ0n) is 14.1. The molecule has 0 radical (unpaired) electrons. The number of para-hydroxylation sites is 1. The first kappa shape index (κ1) is 19.2. The van der Waals surface area contributed by atoms with Gasteiger partial charge in [-0.15, -0.1) is 0 Å². The lowest BCUT2D eigenvalue weighted by molar-refractivity contribution is -0.119. The summed E-state index contributed by atoms with van der Waals surface area (Å²) in [6.45, 7) is 4.31. The summed E-state index contributed by atoms with van der Waals surface area (Å²) >= 11 is 2.12. The first-order chi connectivity index (χ1) is 12.0. The van der Waals surface area contributed by atoms with Crippen LogP contribution >= 0.6 is 22.6 Å². The number of carbonyl (C=O) groups excluding carboxylic acids is 2. The van der Waals surface area contributed by atoms with Gasteiger partial charge in [0, 0.05) is 3.57 Å². The predicted octanol–water partition coefficient (Wildman–Crippen LogP) is 4.12. The molecule has 0 fully saturated rings. The van der Waals surface area contributed by atoms with E-state index < -0.39 is 5.97 Å². The van der Waals surface area contributed by atoms with Crippen LogP contribution in [0.1, 0.15) is 24.2 Å². The number of hydrogen-bond acceptors (Lipinski definition) is 4. The number of amides is 1. The van der Waals surface area contributed by atoms with Gasteiger partial charge < -0.3 is 14.8 Å². The molecule has 0 saturated carbocycles. The van der Waals surface area contributed by atoms with E-state index >= 15 is 0 Å². The average Bonchev–Trinajstić information content (AvgIpc) is 2.60. The normalized spacial score (nSPS) is 10.4. The lowest BCUT2D eigenvalue weighted by Gasteiger charge is -2.10. The lowest BCUT2D eigenvalue weighted by Crippen LogP contribution is -2.21. The molecule has 0 aliphatic heterocycles. The van der Waals surface area contributed by atoms with E-state index in [1.165, 1.54) is 0 Å². The second kappa shape index (κ2) is 9.41. The third-order valence-corrected chi connectivity index (χ3v) is 4.08. The summed E-state index contributed by atoms with van der Waals surface area (Å²) in [5, 5.41) is 2.71. The van der Waals surface area contributed by atoms with Crippen LogP contribution in [0.2, 0.25) is 0 Å². The van der Waals surface area contributed by atoms with Gasteiger partial charge in [-0.2, -0.15) is 0 Å². The zero-order chi connectivity index (χ0) is 18.2. The van der Waals surface area contributed by atoms with Crippen molar-refractivity contribution in [2.24, 2.45) is 5.92 Å². The molecule has 0 bridgehead atoms. The minimum absolute atomic E-state index is 0.346. The standard InChI is InChI=1S/C19H20INO4/c1-13(2)11-24-15-7-5-6-14(10-15)19(23)25-12-18(22)21-17-9-4-3-8-16(17)20/h3-10,13H,11-12H2,1-2H3,(H,21,22). The van der Waals surface area contributed by atoms with Gasteiger partial charge in [0.15, 0.2) is 6.61 Å². The molecule has 0 spiro atoms. The van der Waals surface area contributed by atoms with Crippen molar-refractivity contribution in [1.82, 2.24) is 0 Å². The molecule has 0 unspecified atom stereocenters. The Kier molecular flexibility index (Phi) is 7.24. The first-order valence-electron chi connectivity index (χ1n) is 7.90. The summed E-state index contributed by atoms with van der Waals surface area (Å²) < 4.78 is 11.6. The van der Waals surface area contributed by atoms with Crippen molar-refractivity contribution in [3.8, 4) is 5.75 Å². The molecule has 0 saturated heterocycles. The number of ether oxygens (including phenoxy) is 2. The summed E-state index contributed by atoms with van der Waals surface area (Å²) in [7, 11) is 0. The number of nitrogens with one attached hydrogen (secondary N) is 1. The maximum Gasteiger partial charge on any atom is 0.338 e. The third-order valence-electron chi connectivity index (χ3n) is 3.14. The number of anilines is 1. The van der Waals surface area contributed by atoms with E-state index in [0.717, 1.165) is 3.57 Å². The van der Waals surface area contributed by atoms with E-state index in [1.807, 2.05) is 32.0 Å². The maximum atomic E-state index is 12.1. The Morgan fingerprint density at radius 2 is 1.88 bits per heavy atom.